The largest absolute Gasteiger partial charge is 0.496 e. The molecule has 0 fully saturated rings. The van der Waals surface area contributed by atoms with E-state index in [-0.39, 0.29) is 36.4 Å². The monoisotopic (exact) mass is 420 g/mol. The van der Waals surface area contributed by atoms with E-state index in [9.17, 15) is 4.79 Å². The minimum Gasteiger partial charge on any atom is -0.496 e. The van der Waals surface area contributed by atoms with Gasteiger partial charge in [-0.1, -0.05) is 51.1 Å². The van der Waals surface area contributed by atoms with E-state index < -0.39 is 0 Å². The number of carbonyl (C=O) groups excluding carboxylic acids is 1. The number of benzene rings is 2. The Hall–Kier alpha value is -2.24. The van der Waals surface area contributed by atoms with Crippen molar-refractivity contribution in [3.05, 3.63) is 59.7 Å². The zero-order chi connectivity index (χ0) is 20.7. The lowest BCUT2D eigenvalue weighted by atomic mass is 9.87. The summed E-state index contributed by atoms with van der Waals surface area (Å²) in [6, 6.07) is 15.8. The minimum absolute atomic E-state index is 0. The molecule has 2 aromatic rings. The van der Waals surface area contributed by atoms with Crippen molar-refractivity contribution in [3.63, 3.8) is 0 Å². The Balaban J connectivity index is 0.00000420. The molecular weight excluding hydrogens is 388 g/mol. The van der Waals surface area contributed by atoms with Crippen molar-refractivity contribution in [2.45, 2.75) is 32.2 Å². The number of likely N-dealkylation sites (N-methyl/N-ethyl adjacent to an activating group) is 1. The van der Waals surface area contributed by atoms with Crippen molar-refractivity contribution >= 4 is 18.3 Å². The third-order valence-electron chi connectivity index (χ3n) is 4.70. The van der Waals surface area contributed by atoms with Crippen LogP contribution in [0.3, 0.4) is 0 Å². The molecule has 0 bridgehead atoms. The van der Waals surface area contributed by atoms with Crippen molar-refractivity contribution in [1.82, 2.24) is 10.2 Å². The number of methoxy groups -OCH3 is 1. The van der Waals surface area contributed by atoms with Crippen LogP contribution in [0.15, 0.2) is 48.5 Å². The van der Waals surface area contributed by atoms with Crippen LogP contribution in [0.4, 0.5) is 0 Å². The highest BCUT2D eigenvalue weighted by Gasteiger charge is 2.19. The number of ether oxygens (including phenoxy) is 2. The van der Waals surface area contributed by atoms with Crippen molar-refractivity contribution in [3.8, 4) is 11.5 Å². The highest BCUT2D eigenvalue weighted by atomic mass is 35.5. The van der Waals surface area contributed by atoms with Crippen LogP contribution in [0.5, 0.6) is 11.5 Å². The van der Waals surface area contributed by atoms with E-state index in [0.29, 0.717) is 12.3 Å². The first-order valence-corrected chi connectivity index (χ1v) is 9.51. The van der Waals surface area contributed by atoms with Gasteiger partial charge in [-0.15, -0.1) is 12.4 Å². The van der Waals surface area contributed by atoms with E-state index in [1.807, 2.05) is 62.6 Å². The van der Waals surface area contributed by atoms with Crippen LogP contribution >= 0.6 is 12.4 Å². The van der Waals surface area contributed by atoms with Crippen LogP contribution in [0.25, 0.3) is 0 Å². The van der Waals surface area contributed by atoms with Crippen LogP contribution in [0.1, 0.15) is 37.9 Å². The number of hydrogen-bond acceptors (Lipinski definition) is 4. The molecule has 0 heterocycles. The molecule has 1 atom stereocenters. The molecule has 160 valence electrons. The number of nitrogens with zero attached hydrogens (tertiary/aromatic N) is 1. The molecule has 0 aromatic heterocycles. The van der Waals surface area contributed by atoms with Gasteiger partial charge < -0.3 is 19.7 Å². The van der Waals surface area contributed by atoms with Crippen molar-refractivity contribution in [2.75, 3.05) is 34.4 Å². The molecule has 0 radical (unpaired) electrons. The number of hydrogen-bond donors (Lipinski definition) is 1. The summed E-state index contributed by atoms with van der Waals surface area (Å²) in [4.78, 5) is 14.3. The first kappa shape index (κ1) is 24.8. The second kappa shape index (κ2) is 11.1. The van der Waals surface area contributed by atoms with Gasteiger partial charge >= 0.3 is 0 Å². The molecular formula is C23H33ClN2O3. The van der Waals surface area contributed by atoms with E-state index in [1.165, 1.54) is 5.56 Å². The molecule has 2 rings (SSSR count). The van der Waals surface area contributed by atoms with Gasteiger partial charge in [0.2, 0.25) is 0 Å². The second-order valence-corrected chi connectivity index (χ2v) is 8.09. The molecule has 5 nitrogen and oxygen atoms in total. The molecule has 2 aromatic carbocycles. The van der Waals surface area contributed by atoms with Gasteiger partial charge in [-0.05, 0) is 43.3 Å². The molecule has 0 aliphatic rings. The van der Waals surface area contributed by atoms with Gasteiger partial charge in [0.05, 0.1) is 13.2 Å². The normalized spacial score (nSPS) is 12.1. The first-order valence-electron chi connectivity index (χ1n) is 9.51. The fraction of sp³-hybridized carbons (Fsp3) is 0.435. The van der Waals surface area contributed by atoms with Crippen LogP contribution < -0.4 is 14.8 Å². The van der Waals surface area contributed by atoms with Crippen LogP contribution in [0.2, 0.25) is 0 Å². The highest BCUT2D eigenvalue weighted by Crippen LogP contribution is 2.27. The Morgan fingerprint density at radius 2 is 1.69 bits per heavy atom. The third kappa shape index (κ3) is 7.26. The molecule has 0 aliphatic carbocycles. The van der Waals surface area contributed by atoms with Crippen molar-refractivity contribution < 1.29 is 14.3 Å². The summed E-state index contributed by atoms with van der Waals surface area (Å²) in [7, 11) is 5.62. The SMILES string of the molecule is COc1ccccc1C(CNC(=O)COc1ccc(C(C)(C)C)cc1)N(C)C.Cl. The van der Waals surface area contributed by atoms with Gasteiger partial charge in [-0.3, -0.25) is 4.79 Å². The molecule has 1 unspecified atom stereocenters. The van der Waals surface area contributed by atoms with Gasteiger partial charge in [-0.25, -0.2) is 0 Å². The number of amides is 1. The quantitative estimate of drug-likeness (QED) is 0.694. The van der Waals surface area contributed by atoms with Gasteiger partial charge in [0, 0.05) is 12.1 Å². The molecule has 0 saturated carbocycles. The minimum atomic E-state index is -0.151. The van der Waals surface area contributed by atoms with Gasteiger partial charge in [0.25, 0.3) is 5.91 Å². The summed E-state index contributed by atoms with van der Waals surface area (Å²) < 4.78 is 11.1. The lowest BCUT2D eigenvalue weighted by Gasteiger charge is -2.26. The number of halogens is 1. The predicted molar refractivity (Wildman–Crippen MR) is 120 cm³/mol. The molecule has 6 heteroatoms. The summed E-state index contributed by atoms with van der Waals surface area (Å²) >= 11 is 0. The summed E-state index contributed by atoms with van der Waals surface area (Å²) in [5.74, 6) is 1.35. The standard InChI is InChI=1S/C23H32N2O3.ClH/c1-23(2,3)17-11-13-18(14-12-17)28-16-22(26)24-15-20(25(4)5)19-9-7-8-10-21(19)27-6;/h7-14,20H,15-16H2,1-6H3,(H,24,26);1H. The van der Waals surface area contributed by atoms with E-state index in [4.69, 9.17) is 9.47 Å². The molecule has 1 amide bonds. The van der Waals surface area contributed by atoms with E-state index in [1.54, 1.807) is 7.11 Å². The van der Waals surface area contributed by atoms with Crippen molar-refractivity contribution in [2.24, 2.45) is 0 Å². The number of rotatable bonds is 8. The maximum atomic E-state index is 12.3. The molecule has 0 spiro atoms. The highest BCUT2D eigenvalue weighted by molar-refractivity contribution is 5.85. The van der Waals surface area contributed by atoms with Crippen LogP contribution in [-0.2, 0) is 10.2 Å². The number of nitrogens with one attached hydrogen (secondary N) is 1. The van der Waals surface area contributed by atoms with E-state index in [2.05, 4.69) is 31.0 Å². The van der Waals surface area contributed by atoms with Crippen molar-refractivity contribution in [1.29, 1.82) is 0 Å². The number of carbonyl (C=O) groups is 1. The lowest BCUT2D eigenvalue weighted by molar-refractivity contribution is -0.123. The Morgan fingerprint density at radius 1 is 1.07 bits per heavy atom. The summed E-state index contributed by atoms with van der Waals surface area (Å²) in [6.07, 6.45) is 0. The Kier molecular flexibility index (Phi) is 9.47. The Labute approximate surface area is 180 Å². The van der Waals surface area contributed by atoms with Crippen LogP contribution in [0, 0.1) is 0 Å². The Bertz CT molecular complexity index is 770. The maximum Gasteiger partial charge on any atom is 0.258 e. The van der Waals surface area contributed by atoms with E-state index in [0.717, 1.165) is 11.3 Å². The molecule has 29 heavy (non-hydrogen) atoms. The maximum absolute atomic E-state index is 12.3. The van der Waals surface area contributed by atoms with E-state index >= 15 is 0 Å². The fourth-order valence-corrected chi connectivity index (χ4v) is 2.97. The zero-order valence-electron chi connectivity index (χ0n) is 18.2. The Morgan fingerprint density at radius 3 is 2.24 bits per heavy atom. The first-order chi connectivity index (χ1) is 13.2. The second-order valence-electron chi connectivity index (χ2n) is 8.09. The fourth-order valence-electron chi connectivity index (χ4n) is 2.97. The molecule has 0 aliphatic heterocycles. The third-order valence-corrected chi connectivity index (χ3v) is 4.70. The van der Waals surface area contributed by atoms with Crippen LogP contribution in [-0.4, -0.2) is 45.2 Å². The zero-order valence-corrected chi connectivity index (χ0v) is 19.0. The smallest absolute Gasteiger partial charge is 0.258 e. The molecule has 0 saturated heterocycles. The van der Waals surface area contributed by atoms with Gasteiger partial charge in [-0.2, -0.15) is 0 Å². The van der Waals surface area contributed by atoms with Gasteiger partial charge in [0.15, 0.2) is 6.61 Å². The predicted octanol–water partition coefficient (Wildman–Crippen LogP) is 4.21. The topological polar surface area (TPSA) is 50.8 Å². The van der Waals surface area contributed by atoms with Gasteiger partial charge in [0.1, 0.15) is 11.5 Å². The summed E-state index contributed by atoms with van der Waals surface area (Å²) in [6.45, 7) is 6.96. The average Bonchev–Trinajstić information content (AvgIpc) is 2.66. The summed E-state index contributed by atoms with van der Waals surface area (Å²) in [5.41, 5.74) is 2.36. The summed E-state index contributed by atoms with van der Waals surface area (Å²) in [5, 5.41) is 2.96. The average molecular weight is 421 g/mol. The molecule has 1 N–H and O–H groups in total. The lowest BCUT2D eigenvalue weighted by Crippen LogP contribution is -2.37. The number of para-hydroxylation sites is 1.